The molecular formula is C10H7Cl2N3O3. The number of pyridine rings is 1. The van der Waals surface area contributed by atoms with Crippen LogP contribution in [0.2, 0.25) is 10.0 Å². The highest BCUT2D eigenvalue weighted by Gasteiger charge is 2.15. The van der Waals surface area contributed by atoms with Gasteiger partial charge in [0.2, 0.25) is 11.7 Å². The molecule has 0 unspecified atom stereocenters. The van der Waals surface area contributed by atoms with E-state index in [0.29, 0.717) is 15.7 Å². The first-order valence-corrected chi connectivity index (χ1v) is 5.56. The van der Waals surface area contributed by atoms with Gasteiger partial charge < -0.3 is 9.26 Å². The third-order valence-electron chi connectivity index (χ3n) is 2.01. The van der Waals surface area contributed by atoms with Gasteiger partial charge in [0.05, 0.1) is 17.2 Å². The minimum Gasteiger partial charge on any atom is -0.469 e. The molecule has 2 aromatic heterocycles. The number of carbonyl (C=O) groups is 1. The molecule has 0 saturated heterocycles. The smallest absolute Gasteiger partial charge is 0.315 e. The van der Waals surface area contributed by atoms with Crippen LogP contribution in [0.3, 0.4) is 0 Å². The first-order chi connectivity index (χ1) is 8.60. The Bertz CT molecular complexity index is 585. The summed E-state index contributed by atoms with van der Waals surface area (Å²) in [5.41, 5.74) is 0.334. The van der Waals surface area contributed by atoms with Crippen molar-refractivity contribution in [1.29, 1.82) is 0 Å². The van der Waals surface area contributed by atoms with Gasteiger partial charge in [-0.05, 0) is 6.07 Å². The topological polar surface area (TPSA) is 78.1 Å². The Hall–Kier alpha value is -1.66. The summed E-state index contributed by atoms with van der Waals surface area (Å²) in [5.74, 6) is -0.152. The van der Waals surface area contributed by atoms with Crippen LogP contribution in [0.25, 0.3) is 11.5 Å². The number of carbonyl (C=O) groups excluding carboxylic acids is 1. The van der Waals surface area contributed by atoms with Crippen LogP contribution in [0, 0.1) is 0 Å². The van der Waals surface area contributed by atoms with E-state index in [1.165, 1.54) is 19.4 Å². The van der Waals surface area contributed by atoms with Crippen molar-refractivity contribution in [1.82, 2.24) is 15.1 Å². The van der Waals surface area contributed by atoms with E-state index in [1.807, 2.05) is 0 Å². The number of esters is 1. The Morgan fingerprint density at radius 2 is 2.28 bits per heavy atom. The van der Waals surface area contributed by atoms with Crippen LogP contribution in [0.15, 0.2) is 16.8 Å². The molecule has 6 nitrogen and oxygen atoms in total. The summed E-state index contributed by atoms with van der Waals surface area (Å²) in [4.78, 5) is 19.0. The van der Waals surface area contributed by atoms with Gasteiger partial charge in [0.1, 0.15) is 12.1 Å². The van der Waals surface area contributed by atoms with E-state index < -0.39 is 5.97 Å². The summed E-state index contributed by atoms with van der Waals surface area (Å²) in [6.45, 7) is 0. The minimum atomic E-state index is -0.472. The Kier molecular flexibility index (Phi) is 3.78. The van der Waals surface area contributed by atoms with E-state index in [0.717, 1.165) is 0 Å². The van der Waals surface area contributed by atoms with Crippen molar-refractivity contribution in [3.05, 3.63) is 28.2 Å². The average Bonchev–Trinajstić information content (AvgIpc) is 2.77. The highest BCUT2D eigenvalue weighted by Crippen LogP contribution is 2.25. The number of ether oxygens (including phenoxy) is 1. The summed E-state index contributed by atoms with van der Waals surface area (Å²) in [5, 5.41) is 4.38. The lowest BCUT2D eigenvalue weighted by Gasteiger charge is -1.97. The number of aromatic nitrogens is 3. The van der Waals surface area contributed by atoms with Crippen molar-refractivity contribution in [3.63, 3.8) is 0 Å². The van der Waals surface area contributed by atoms with Gasteiger partial charge in [-0.25, -0.2) is 4.98 Å². The standard InChI is InChI=1S/C10H7Cl2N3O3/c1-17-8(16)3-7-14-10(15-18-7)9-6(12)2-5(11)4-13-9/h2,4H,3H2,1H3. The lowest BCUT2D eigenvalue weighted by molar-refractivity contribution is -0.140. The van der Waals surface area contributed by atoms with Crippen molar-refractivity contribution in [2.75, 3.05) is 7.11 Å². The molecule has 0 atom stereocenters. The van der Waals surface area contributed by atoms with E-state index >= 15 is 0 Å². The highest BCUT2D eigenvalue weighted by molar-refractivity contribution is 6.35. The summed E-state index contributed by atoms with van der Waals surface area (Å²) in [7, 11) is 1.28. The van der Waals surface area contributed by atoms with Crippen molar-refractivity contribution in [2.24, 2.45) is 0 Å². The van der Waals surface area contributed by atoms with Crippen molar-refractivity contribution in [2.45, 2.75) is 6.42 Å². The number of hydrogen-bond acceptors (Lipinski definition) is 6. The van der Waals surface area contributed by atoms with Gasteiger partial charge in [-0.3, -0.25) is 4.79 Å². The molecule has 0 N–H and O–H groups in total. The molecule has 0 saturated carbocycles. The molecule has 0 aliphatic heterocycles. The zero-order chi connectivity index (χ0) is 13.1. The second-order valence-electron chi connectivity index (χ2n) is 3.25. The molecule has 0 aliphatic rings. The van der Waals surface area contributed by atoms with Crippen LogP contribution in [-0.2, 0) is 16.0 Å². The van der Waals surface area contributed by atoms with Crippen LogP contribution < -0.4 is 0 Å². The largest absolute Gasteiger partial charge is 0.469 e. The Morgan fingerprint density at radius 3 is 2.94 bits per heavy atom. The molecule has 0 amide bonds. The fraction of sp³-hybridized carbons (Fsp3) is 0.200. The van der Waals surface area contributed by atoms with Crippen molar-refractivity contribution in [3.8, 4) is 11.5 Å². The number of halogens is 2. The van der Waals surface area contributed by atoms with Crippen LogP contribution in [-0.4, -0.2) is 28.2 Å². The van der Waals surface area contributed by atoms with Gasteiger partial charge in [-0.2, -0.15) is 4.98 Å². The average molecular weight is 288 g/mol. The van der Waals surface area contributed by atoms with Crippen molar-refractivity contribution < 1.29 is 14.1 Å². The first kappa shape index (κ1) is 12.8. The molecule has 0 radical (unpaired) electrons. The van der Waals surface area contributed by atoms with Crippen LogP contribution in [0.4, 0.5) is 0 Å². The van der Waals surface area contributed by atoms with Gasteiger partial charge in [0.15, 0.2) is 0 Å². The lowest BCUT2D eigenvalue weighted by Crippen LogP contribution is -2.04. The third-order valence-corrected chi connectivity index (χ3v) is 2.51. The second-order valence-corrected chi connectivity index (χ2v) is 4.09. The molecule has 0 aromatic carbocycles. The number of methoxy groups -OCH3 is 1. The van der Waals surface area contributed by atoms with E-state index in [1.54, 1.807) is 0 Å². The molecule has 0 aliphatic carbocycles. The van der Waals surface area contributed by atoms with E-state index in [-0.39, 0.29) is 18.1 Å². The Morgan fingerprint density at radius 1 is 1.50 bits per heavy atom. The van der Waals surface area contributed by atoms with E-state index in [2.05, 4.69) is 19.9 Å². The number of nitrogens with zero attached hydrogens (tertiary/aromatic N) is 3. The molecule has 0 spiro atoms. The van der Waals surface area contributed by atoms with Crippen LogP contribution >= 0.6 is 23.2 Å². The quantitative estimate of drug-likeness (QED) is 0.805. The fourth-order valence-electron chi connectivity index (χ4n) is 1.20. The van der Waals surface area contributed by atoms with Gasteiger partial charge in [-0.15, -0.1) is 0 Å². The zero-order valence-corrected chi connectivity index (χ0v) is 10.7. The predicted molar refractivity (Wildman–Crippen MR) is 63.3 cm³/mol. The van der Waals surface area contributed by atoms with Crippen LogP contribution in [0.1, 0.15) is 5.89 Å². The third kappa shape index (κ3) is 2.77. The normalized spacial score (nSPS) is 10.4. The highest BCUT2D eigenvalue weighted by atomic mass is 35.5. The van der Waals surface area contributed by atoms with Crippen LogP contribution in [0.5, 0.6) is 0 Å². The summed E-state index contributed by atoms with van der Waals surface area (Å²) in [6.07, 6.45) is 1.31. The number of rotatable bonds is 3. The predicted octanol–water partition coefficient (Wildman–Crippen LogP) is 2.15. The van der Waals surface area contributed by atoms with Gasteiger partial charge in [0, 0.05) is 6.20 Å². The Balaban J connectivity index is 2.26. The fourth-order valence-corrected chi connectivity index (χ4v) is 1.66. The van der Waals surface area contributed by atoms with Crippen molar-refractivity contribution >= 4 is 29.2 Å². The maximum Gasteiger partial charge on any atom is 0.315 e. The van der Waals surface area contributed by atoms with Gasteiger partial charge in [-0.1, -0.05) is 28.4 Å². The maximum absolute atomic E-state index is 11.0. The zero-order valence-electron chi connectivity index (χ0n) is 9.18. The van der Waals surface area contributed by atoms with E-state index in [4.69, 9.17) is 27.7 Å². The molecule has 0 bridgehead atoms. The molecule has 8 heteroatoms. The molecule has 2 aromatic rings. The van der Waals surface area contributed by atoms with Gasteiger partial charge in [0.25, 0.3) is 0 Å². The molecule has 2 rings (SSSR count). The molecule has 2 heterocycles. The second kappa shape index (κ2) is 5.32. The maximum atomic E-state index is 11.0. The SMILES string of the molecule is COC(=O)Cc1nc(-c2ncc(Cl)cc2Cl)no1. The monoisotopic (exact) mass is 287 g/mol. The summed E-state index contributed by atoms with van der Waals surface area (Å²) < 4.78 is 9.37. The summed E-state index contributed by atoms with van der Waals surface area (Å²) in [6, 6.07) is 1.52. The molecule has 0 fully saturated rings. The Labute approximate surface area is 112 Å². The summed E-state index contributed by atoms with van der Waals surface area (Å²) >= 11 is 11.7. The first-order valence-electron chi connectivity index (χ1n) is 4.81. The number of hydrogen-bond donors (Lipinski definition) is 0. The minimum absolute atomic E-state index is 0.102. The van der Waals surface area contributed by atoms with Gasteiger partial charge >= 0.3 is 5.97 Å². The van der Waals surface area contributed by atoms with E-state index in [9.17, 15) is 4.79 Å². The molecular weight excluding hydrogens is 281 g/mol. The molecule has 18 heavy (non-hydrogen) atoms. The lowest BCUT2D eigenvalue weighted by atomic mass is 10.3. The molecule has 94 valence electrons.